The van der Waals surface area contributed by atoms with Gasteiger partial charge in [0.2, 0.25) is 0 Å². The molecule has 1 fully saturated rings. The van der Waals surface area contributed by atoms with Gasteiger partial charge in [-0.2, -0.15) is 5.10 Å². The molecule has 1 aliphatic heterocycles. The Morgan fingerprint density at radius 3 is 2.43 bits per heavy atom. The fourth-order valence-corrected chi connectivity index (χ4v) is 6.64. The number of fused-ring (bicyclic) bond motifs is 1. The van der Waals surface area contributed by atoms with E-state index in [1.165, 1.54) is 29.5 Å². The monoisotopic (exact) mass is 642 g/mol. The van der Waals surface area contributed by atoms with Crippen molar-refractivity contribution in [3.05, 3.63) is 118 Å². The van der Waals surface area contributed by atoms with E-state index in [4.69, 9.17) is 23.2 Å². The van der Waals surface area contributed by atoms with Crippen molar-refractivity contribution in [2.24, 2.45) is 0 Å². The Labute approximate surface area is 263 Å². The zero-order chi connectivity index (χ0) is 31.0. The van der Waals surface area contributed by atoms with E-state index in [-0.39, 0.29) is 17.9 Å². The number of aromatic nitrogens is 4. The molecular weight excluding hydrogens is 612 g/mol. The van der Waals surface area contributed by atoms with Crippen LogP contribution in [0.1, 0.15) is 23.6 Å². The second-order valence-corrected chi connectivity index (χ2v) is 12.1. The molecule has 0 radical (unpaired) electrons. The van der Waals surface area contributed by atoms with Gasteiger partial charge in [-0.05, 0) is 42.3 Å². The van der Waals surface area contributed by atoms with Crippen LogP contribution in [-0.2, 0) is 25.2 Å². The van der Waals surface area contributed by atoms with Crippen LogP contribution in [0.5, 0.6) is 0 Å². The maximum atomic E-state index is 15.1. The maximum Gasteiger partial charge on any atom is 0.147 e. The number of rotatable bonds is 9. The van der Waals surface area contributed by atoms with E-state index in [1.807, 2.05) is 29.8 Å². The van der Waals surface area contributed by atoms with Crippen molar-refractivity contribution in [2.45, 2.75) is 38.2 Å². The van der Waals surface area contributed by atoms with Crippen LogP contribution in [0, 0.1) is 17.5 Å². The Bertz CT molecular complexity index is 1770. The van der Waals surface area contributed by atoms with Gasteiger partial charge in [0.1, 0.15) is 35.7 Å². The Balaban J connectivity index is 1.20. The Morgan fingerprint density at radius 1 is 0.932 bits per heavy atom. The molecule has 2 aromatic heterocycles. The van der Waals surface area contributed by atoms with Crippen LogP contribution in [-0.4, -0.2) is 66.5 Å². The highest BCUT2D eigenvalue weighted by atomic mass is 35.5. The number of hydrogen-bond donors (Lipinski definition) is 1. The minimum atomic E-state index is -1.71. The third-order valence-electron chi connectivity index (χ3n) is 8.59. The highest BCUT2D eigenvalue weighted by molar-refractivity contribution is 6.35. The first kappa shape index (κ1) is 30.6. The van der Waals surface area contributed by atoms with E-state index in [1.54, 1.807) is 18.2 Å². The predicted molar refractivity (Wildman–Crippen MR) is 164 cm³/mol. The van der Waals surface area contributed by atoms with Crippen molar-refractivity contribution in [1.29, 1.82) is 0 Å². The molecule has 2 atom stereocenters. The number of benzene rings is 3. The summed E-state index contributed by atoms with van der Waals surface area (Å²) in [6.45, 7) is 5.30. The SMILES string of the molecule is C[C@@H](N1CCN(Cc2cn(Cc3ccc(Cl)cc3Cl)c3c(F)cccc23)CC1)[C@](O)(Cn1cncn1)c1ccc(F)cc1F. The molecule has 0 spiro atoms. The standard InChI is InChI=1S/C32H31Cl2F3N6O/c1-21(32(44,18-43-20-38-19-39-43)27-8-7-25(35)14-30(27)37)41-11-9-40(10-12-41)15-23-17-42(31-26(23)3-2-4-29(31)36)16-22-5-6-24(33)13-28(22)34/h2-8,13-14,17,19-21,44H,9-12,15-16,18H2,1H3/t21-,32-/m1/s1. The molecule has 3 heterocycles. The summed E-state index contributed by atoms with van der Waals surface area (Å²) in [7, 11) is 0. The molecule has 1 N–H and O–H groups in total. The van der Waals surface area contributed by atoms with E-state index in [2.05, 4.69) is 19.9 Å². The summed E-state index contributed by atoms with van der Waals surface area (Å²) in [5.41, 5.74) is 0.630. The minimum absolute atomic E-state index is 0.0000402. The average molecular weight is 644 g/mol. The molecule has 6 rings (SSSR count). The van der Waals surface area contributed by atoms with E-state index >= 15 is 8.78 Å². The zero-order valence-corrected chi connectivity index (χ0v) is 25.5. The number of halogens is 5. The smallest absolute Gasteiger partial charge is 0.147 e. The van der Waals surface area contributed by atoms with Gasteiger partial charge in [-0.3, -0.25) is 9.80 Å². The van der Waals surface area contributed by atoms with Crippen molar-refractivity contribution >= 4 is 34.1 Å². The van der Waals surface area contributed by atoms with Gasteiger partial charge in [0.25, 0.3) is 0 Å². The number of hydrogen-bond acceptors (Lipinski definition) is 5. The van der Waals surface area contributed by atoms with Crippen molar-refractivity contribution < 1.29 is 18.3 Å². The summed E-state index contributed by atoms with van der Waals surface area (Å²) < 4.78 is 47.2. The van der Waals surface area contributed by atoms with Gasteiger partial charge >= 0.3 is 0 Å². The fourth-order valence-electron chi connectivity index (χ4n) is 6.17. The van der Waals surface area contributed by atoms with Crippen molar-refractivity contribution in [3.63, 3.8) is 0 Å². The predicted octanol–water partition coefficient (Wildman–Crippen LogP) is 6.10. The van der Waals surface area contributed by atoms with Gasteiger partial charge in [-0.15, -0.1) is 0 Å². The Hall–Kier alpha value is -3.41. The summed E-state index contributed by atoms with van der Waals surface area (Å²) in [6.07, 6.45) is 4.77. The number of para-hydroxylation sites is 1. The molecule has 12 heteroatoms. The summed E-state index contributed by atoms with van der Waals surface area (Å²) >= 11 is 12.5. The Morgan fingerprint density at radius 2 is 1.73 bits per heavy atom. The minimum Gasteiger partial charge on any atom is -0.381 e. The van der Waals surface area contributed by atoms with Gasteiger partial charge in [0, 0.05) is 78.6 Å². The van der Waals surface area contributed by atoms with E-state index in [0.29, 0.717) is 54.8 Å². The van der Waals surface area contributed by atoms with E-state index < -0.39 is 23.3 Å². The molecule has 0 bridgehead atoms. The molecule has 0 aliphatic carbocycles. The van der Waals surface area contributed by atoms with Crippen LogP contribution < -0.4 is 0 Å². The molecule has 3 aromatic carbocycles. The van der Waals surface area contributed by atoms with Crippen LogP contribution in [0.15, 0.2) is 73.4 Å². The second-order valence-electron chi connectivity index (χ2n) is 11.3. The molecule has 230 valence electrons. The molecule has 0 amide bonds. The topological polar surface area (TPSA) is 62.4 Å². The van der Waals surface area contributed by atoms with Gasteiger partial charge < -0.3 is 9.67 Å². The van der Waals surface area contributed by atoms with Gasteiger partial charge in [-0.1, -0.05) is 47.5 Å². The molecule has 1 aliphatic rings. The molecule has 44 heavy (non-hydrogen) atoms. The first-order chi connectivity index (χ1) is 21.1. The number of aliphatic hydroxyl groups is 1. The van der Waals surface area contributed by atoms with Crippen LogP contribution >= 0.6 is 23.2 Å². The van der Waals surface area contributed by atoms with Crippen LogP contribution in [0.25, 0.3) is 10.9 Å². The summed E-state index contributed by atoms with van der Waals surface area (Å²) in [5.74, 6) is -1.84. The quantitative estimate of drug-likeness (QED) is 0.211. The largest absolute Gasteiger partial charge is 0.381 e. The highest BCUT2D eigenvalue weighted by Gasteiger charge is 2.42. The zero-order valence-electron chi connectivity index (χ0n) is 24.0. The third kappa shape index (κ3) is 6.09. The highest BCUT2D eigenvalue weighted by Crippen LogP contribution is 2.34. The molecule has 5 aromatic rings. The molecule has 7 nitrogen and oxygen atoms in total. The molecule has 1 saturated heterocycles. The van der Waals surface area contributed by atoms with Crippen LogP contribution in [0.4, 0.5) is 13.2 Å². The lowest BCUT2D eigenvalue weighted by atomic mass is 9.85. The Kier molecular flexibility index (Phi) is 8.72. The lowest BCUT2D eigenvalue weighted by Gasteiger charge is -2.45. The molecule has 0 saturated carbocycles. The van der Waals surface area contributed by atoms with E-state index in [9.17, 15) is 9.50 Å². The van der Waals surface area contributed by atoms with Gasteiger partial charge in [0.15, 0.2) is 0 Å². The lowest BCUT2D eigenvalue weighted by molar-refractivity contribution is -0.0743. The lowest BCUT2D eigenvalue weighted by Crippen LogP contribution is -2.57. The van der Waals surface area contributed by atoms with Crippen LogP contribution in [0.3, 0.4) is 0 Å². The number of piperazine rings is 1. The molecular formula is C32H31Cl2F3N6O. The third-order valence-corrected chi connectivity index (χ3v) is 9.18. The molecule has 0 unspecified atom stereocenters. The summed E-state index contributed by atoms with van der Waals surface area (Å²) in [4.78, 5) is 8.32. The summed E-state index contributed by atoms with van der Waals surface area (Å²) in [6, 6.07) is 13.1. The number of nitrogens with zero attached hydrogens (tertiary/aromatic N) is 6. The summed E-state index contributed by atoms with van der Waals surface area (Å²) in [5, 5.41) is 18.0. The van der Waals surface area contributed by atoms with E-state index in [0.717, 1.165) is 28.6 Å². The van der Waals surface area contributed by atoms with Gasteiger partial charge in [0.05, 0.1) is 12.1 Å². The van der Waals surface area contributed by atoms with Crippen molar-refractivity contribution in [1.82, 2.24) is 29.1 Å². The second kappa shape index (κ2) is 12.5. The van der Waals surface area contributed by atoms with Crippen molar-refractivity contribution in [2.75, 3.05) is 26.2 Å². The first-order valence-corrected chi connectivity index (χ1v) is 15.0. The normalized spacial score (nSPS) is 16.8. The maximum absolute atomic E-state index is 15.1. The van der Waals surface area contributed by atoms with Crippen LogP contribution in [0.2, 0.25) is 10.0 Å². The first-order valence-electron chi connectivity index (χ1n) is 14.3. The fraction of sp³-hybridized carbons (Fsp3) is 0.312. The van der Waals surface area contributed by atoms with Gasteiger partial charge in [-0.25, -0.2) is 22.8 Å². The average Bonchev–Trinajstić information content (AvgIpc) is 3.63. The van der Waals surface area contributed by atoms with Crippen molar-refractivity contribution in [3.8, 4) is 0 Å².